The summed E-state index contributed by atoms with van der Waals surface area (Å²) in [7, 11) is 0. The lowest BCUT2D eigenvalue weighted by Gasteiger charge is -2.31. The molecule has 0 radical (unpaired) electrons. The highest BCUT2D eigenvalue weighted by molar-refractivity contribution is 6.30. The molecule has 0 bridgehead atoms. The summed E-state index contributed by atoms with van der Waals surface area (Å²) in [4.78, 5) is 14.1. The van der Waals surface area contributed by atoms with E-state index in [2.05, 4.69) is 4.90 Å². The van der Waals surface area contributed by atoms with E-state index in [4.69, 9.17) is 16.3 Å². The number of rotatable bonds is 5. The smallest absolute Gasteiger partial charge is 0.348 e. The number of benzene rings is 1. The van der Waals surface area contributed by atoms with Crippen molar-refractivity contribution in [2.24, 2.45) is 0 Å². The van der Waals surface area contributed by atoms with Crippen molar-refractivity contribution in [1.82, 2.24) is 4.90 Å². The average molecular weight is 345 g/mol. The van der Waals surface area contributed by atoms with Gasteiger partial charge in [0.15, 0.2) is 0 Å². The Balaban J connectivity index is 2.35. The Bertz CT molecular complexity index is 666. The van der Waals surface area contributed by atoms with Crippen molar-refractivity contribution in [2.45, 2.75) is 26.2 Å². The van der Waals surface area contributed by atoms with Crippen molar-refractivity contribution < 1.29 is 9.53 Å². The number of likely N-dealkylation sites (tertiary alicyclic amines) is 1. The highest BCUT2D eigenvalue weighted by Crippen LogP contribution is 2.25. The Kier molecular flexibility index (Phi) is 6.89. The molecule has 0 unspecified atom stereocenters. The summed E-state index contributed by atoms with van der Waals surface area (Å²) < 4.78 is 4.90. The molecule has 24 heavy (non-hydrogen) atoms. The highest BCUT2D eigenvalue weighted by Gasteiger charge is 2.15. The van der Waals surface area contributed by atoms with Gasteiger partial charge in [-0.15, -0.1) is 0 Å². The Morgan fingerprint density at radius 1 is 1.25 bits per heavy atom. The summed E-state index contributed by atoms with van der Waals surface area (Å²) in [5.74, 6) is -0.592. The third kappa shape index (κ3) is 4.87. The molecule has 0 atom stereocenters. The fourth-order valence-electron chi connectivity index (χ4n) is 2.66. The first-order valence-electron chi connectivity index (χ1n) is 8.15. The quantitative estimate of drug-likeness (QED) is 0.348. The molecule has 0 amide bonds. The van der Waals surface area contributed by atoms with Crippen LogP contribution in [-0.4, -0.2) is 30.6 Å². The second-order valence-electron chi connectivity index (χ2n) is 5.52. The van der Waals surface area contributed by atoms with Crippen LogP contribution < -0.4 is 0 Å². The van der Waals surface area contributed by atoms with E-state index in [1.165, 1.54) is 12.5 Å². The van der Waals surface area contributed by atoms with Crippen LogP contribution in [0.3, 0.4) is 0 Å². The van der Waals surface area contributed by atoms with E-state index in [0.717, 1.165) is 37.2 Å². The van der Waals surface area contributed by atoms with Crippen molar-refractivity contribution in [3.05, 3.63) is 52.6 Å². The van der Waals surface area contributed by atoms with Gasteiger partial charge in [-0.3, -0.25) is 0 Å². The van der Waals surface area contributed by atoms with E-state index < -0.39 is 5.97 Å². The molecule has 1 fully saturated rings. The van der Waals surface area contributed by atoms with Gasteiger partial charge in [0.25, 0.3) is 0 Å². The number of allylic oxidation sites excluding steroid dienone is 2. The van der Waals surface area contributed by atoms with Gasteiger partial charge < -0.3 is 9.64 Å². The molecule has 4 nitrogen and oxygen atoms in total. The summed E-state index contributed by atoms with van der Waals surface area (Å²) >= 11 is 5.98. The third-order valence-corrected chi connectivity index (χ3v) is 4.11. The van der Waals surface area contributed by atoms with Gasteiger partial charge in [-0.1, -0.05) is 23.7 Å². The number of piperidine rings is 1. The molecule has 0 saturated carbocycles. The van der Waals surface area contributed by atoms with Crippen molar-refractivity contribution in [3.63, 3.8) is 0 Å². The molecule has 0 aliphatic carbocycles. The SMILES string of the molecule is CCOC(=O)/C(C#N)=C/C=C(/c1ccc(Cl)cc1)N1CCCCC1. The highest BCUT2D eigenvalue weighted by atomic mass is 35.5. The van der Waals surface area contributed by atoms with Gasteiger partial charge in [-0.2, -0.15) is 5.26 Å². The number of carbonyl (C=O) groups is 1. The molecule has 1 aliphatic rings. The second kappa shape index (κ2) is 9.14. The second-order valence-corrected chi connectivity index (χ2v) is 5.96. The maximum atomic E-state index is 11.8. The number of hydrogen-bond donors (Lipinski definition) is 0. The molecule has 1 saturated heterocycles. The molecule has 5 heteroatoms. The number of carbonyl (C=O) groups excluding carboxylic acids is 1. The van der Waals surface area contributed by atoms with Crippen molar-refractivity contribution >= 4 is 23.3 Å². The first-order valence-corrected chi connectivity index (χ1v) is 8.53. The normalized spacial score (nSPS) is 15.8. The molecule has 1 heterocycles. The Labute approximate surface area is 148 Å². The predicted octanol–water partition coefficient (Wildman–Crippen LogP) is 4.18. The molecule has 0 aromatic heterocycles. The van der Waals surface area contributed by atoms with Gasteiger partial charge in [-0.25, -0.2) is 4.79 Å². The molecule has 1 aromatic rings. The van der Waals surface area contributed by atoms with E-state index in [1.54, 1.807) is 6.92 Å². The van der Waals surface area contributed by atoms with Gasteiger partial charge in [0.1, 0.15) is 11.6 Å². The maximum Gasteiger partial charge on any atom is 0.348 e. The molecule has 1 aromatic carbocycles. The van der Waals surface area contributed by atoms with Gasteiger partial charge >= 0.3 is 5.97 Å². The van der Waals surface area contributed by atoms with E-state index in [0.29, 0.717) is 5.02 Å². The van der Waals surface area contributed by atoms with Crippen LogP contribution in [0.4, 0.5) is 0 Å². The standard InChI is InChI=1S/C19H21ClN2O2/c1-2-24-19(23)16(14-21)8-11-18(22-12-4-3-5-13-22)15-6-9-17(20)10-7-15/h6-11H,2-5,12-13H2,1H3/b16-8+,18-11-. The van der Waals surface area contributed by atoms with E-state index in [-0.39, 0.29) is 12.2 Å². The average Bonchev–Trinajstić information content (AvgIpc) is 2.61. The van der Waals surface area contributed by atoms with Crippen LogP contribution in [0.25, 0.3) is 5.70 Å². The van der Waals surface area contributed by atoms with Crippen LogP contribution in [0.2, 0.25) is 5.02 Å². The zero-order valence-electron chi connectivity index (χ0n) is 13.8. The first-order chi connectivity index (χ1) is 11.7. The van der Waals surface area contributed by atoms with Crippen molar-refractivity contribution in [1.29, 1.82) is 5.26 Å². The first kappa shape index (κ1) is 18.1. The molecule has 126 valence electrons. The molecule has 2 rings (SSSR count). The molecular weight excluding hydrogens is 324 g/mol. The maximum absolute atomic E-state index is 11.8. The lowest BCUT2D eigenvalue weighted by atomic mass is 10.1. The largest absolute Gasteiger partial charge is 0.462 e. The summed E-state index contributed by atoms with van der Waals surface area (Å²) in [6.07, 6.45) is 6.86. The van der Waals surface area contributed by atoms with Crippen LogP contribution in [0.1, 0.15) is 31.7 Å². The Hall–Kier alpha value is -2.25. The number of esters is 1. The van der Waals surface area contributed by atoms with E-state index in [1.807, 2.05) is 36.4 Å². The molecule has 0 spiro atoms. The Morgan fingerprint density at radius 2 is 1.92 bits per heavy atom. The minimum absolute atomic E-state index is 0.000299. The van der Waals surface area contributed by atoms with Gasteiger partial charge in [0.2, 0.25) is 0 Å². The summed E-state index contributed by atoms with van der Waals surface area (Å²) in [5, 5.41) is 9.85. The molecule has 1 aliphatic heterocycles. The minimum Gasteiger partial charge on any atom is -0.462 e. The number of halogens is 1. The van der Waals surface area contributed by atoms with Crippen LogP contribution in [0.15, 0.2) is 42.0 Å². The third-order valence-electron chi connectivity index (χ3n) is 3.86. The van der Waals surface area contributed by atoms with E-state index >= 15 is 0 Å². The monoisotopic (exact) mass is 344 g/mol. The zero-order chi connectivity index (χ0) is 17.4. The molecular formula is C19H21ClN2O2. The van der Waals surface area contributed by atoms with Gasteiger partial charge in [0, 0.05) is 23.8 Å². The number of nitriles is 1. The van der Waals surface area contributed by atoms with Gasteiger partial charge in [0.05, 0.1) is 6.61 Å². The lowest BCUT2D eigenvalue weighted by Crippen LogP contribution is -2.28. The fourth-order valence-corrected chi connectivity index (χ4v) is 2.79. The summed E-state index contributed by atoms with van der Waals surface area (Å²) in [6, 6.07) is 9.50. The fraction of sp³-hybridized carbons (Fsp3) is 0.368. The lowest BCUT2D eigenvalue weighted by molar-refractivity contribution is -0.138. The summed E-state index contributed by atoms with van der Waals surface area (Å²) in [5.41, 5.74) is 2.00. The van der Waals surface area contributed by atoms with Crippen molar-refractivity contribution in [3.8, 4) is 6.07 Å². The number of nitrogens with zero attached hydrogens (tertiary/aromatic N) is 2. The van der Waals surface area contributed by atoms with Crippen molar-refractivity contribution in [2.75, 3.05) is 19.7 Å². The van der Waals surface area contributed by atoms with E-state index in [9.17, 15) is 10.1 Å². The van der Waals surface area contributed by atoms with Crippen LogP contribution in [0.5, 0.6) is 0 Å². The Morgan fingerprint density at radius 3 is 2.50 bits per heavy atom. The minimum atomic E-state index is -0.592. The summed E-state index contributed by atoms with van der Waals surface area (Å²) in [6.45, 7) is 3.89. The van der Waals surface area contributed by atoms with Crippen LogP contribution in [-0.2, 0) is 9.53 Å². The predicted molar refractivity (Wildman–Crippen MR) is 95.2 cm³/mol. The van der Waals surface area contributed by atoms with Crippen LogP contribution >= 0.6 is 11.6 Å². The van der Waals surface area contributed by atoms with Crippen LogP contribution in [0, 0.1) is 11.3 Å². The topological polar surface area (TPSA) is 53.3 Å². The number of hydrogen-bond acceptors (Lipinski definition) is 4. The zero-order valence-corrected chi connectivity index (χ0v) is 14.6. The van der Waals surface area contributed by atoms with Gasteiger partial charge in [-0.05, 0) is 56.0 Å². The number of ether oxygens (including phenoxy) is 1. The molecule has 0 N–H and O–H groups in total.